The number of nitrogens with one attached hydrogen (secondary N) is 1. The van der Waals surface area contributed by atoms with Crippen LogP contribution in [-0.2, 0) is 4.79 Å². The molecule has 2 heterocycles. The van der Waals surface area contributed by atoms with Gasteiger partial charge in [-0.05, 0) is 43.3 Å². The highest BCUT2D eigenvalue weighted by atomic mass is 35.5. The van der Waals surface area contributed by atoms with E-state index < -0.39 is 0 Å². The Balaban J connectivity index is 1.50. The number of halogens is 2. The van der Waals surface area contributed by atoms with Gasteiger partial charge in [0.2, 0.25) is 0 Å². The fourth-order valence-electron chi connectivity index (χ4n) is 2.89. The van der Waals surface area contributed by atoms with E-state index in [4.69, 9.17) is 27.9 Å². The second-order valence-electron chi connectivity index (χ2n) is 6.34. The number of pyridine rings is 1. The fraction of sp³-hybridized carbons (Fsp3) is 0.0952. The largest absolute Gasteiger partial charge is 0.482 e. The molecular formula is C21H16Cl2N4O2. The van der Waals surface area contributed by atoms with Gasteiger partial charge >= 0.3 is 0 Å². The van der Waals surface area contributed by atoms with Crippen LogP contribution in [0.25, 0.3) is 16.7 Å². The standard InChI is InChI=1S/C21H16Cl2N4O2/c1-13-17-10-15(11-24-21(17)27(26-13)16-5-3-2-4-6-16)25-20(28)12-29-19-8-7-14(22)9-18(19)23/h2-11H,12H2,1H3,(H,25,28). The molecule has 29 heavy (non-hydrogen) atoms. The quantitative estimate of drug-likeness (QED) is 0.484. The molecule has 0 saturated heterocycles. The summed E-state index contributed by atoms with van der Waals surface area (Å²) in [5, 5.41) is 9.04. The molecule has 8 heteroatoms. The van der Waals surface area contributed by atoms with Crippen molar-refractivity contribution in [2.24, 2.45) is 0 Å². The molecule has 4 aromatic rings. The molecule has 0 atom stereocenters. The molecule has 4 rings (SSSR count). The summed E-state index contributed by atoms with van der Waals surface area (Å²) in [6, 6.07) is 16.4. The number of amides is 1. The molecule has 0 aliphatic heterocycles. The number of rotatable bonds is 5. The number of hydrogen-bond donors (Lipinski definition) is 1. The smallest absolute Gasteiger partial charge is 0.262 e. The van der Waals surface area contributed by atoms with Crippen LogP contribution in [0.3, 0.4) is 0 Å². The fourth-order valence-corrected chi connectivity index (χ4v) is 3.36. The van der Waals surface area contributed by atoms with Crippen LogP contribution in [0.5, 0.6) is 5.75 Å². The lowest BCUT2D eigenvalue weighted by Gasteiger charge is -2.09. The van der Waals surface area contributed by atoms with Crippen LogP contribution in [0.4, 0.5) is 5.69 Å². The first-order chi connectivity index (χ1) is 14.0. The Labute approximate surface area is 177 Å². The van der Waals surface area contributed by atoms with Crippen molar-refractivity contribution in [3.63, 3.8) is 0 Å². The van der Waals surface area contributed by atoms with Crippen molar-refractivity contribution in [2.75, 3.05) is 11.9 Å². The molecule has 1 amide bonds. The summed E-state index contributed by atoms with van der Waals surface area (Å²) in [6.45, 7) is 1.71. The van der Waals surface area contributed by atoms with Crippen molar-refractivity contribution >= 4 is 45.8 Å². The molecule has 0 aliphatic rings. The molecule has 6 nitrogen and oxygen atoms in total. The molecule has 0 aliphatic carbocycles. The number of carbonyl (C=O) groups is 1. The molecule has 2 aromatic carbocycles. The normalized spacial score (nSPS) is 10.9. The molecule has 1 N–H and O–H groups in total. The number of ether oxygens (including phenoxy) is 1. The number of anilines is 1. The summed E-state index contributed by atoms with van der Waals surface area (Å²) < 4.78 is 7.24. The molecule has 2 aromatic heterocycles. The van der Waals surface area contributed by atoms with E-state index in [9.17, 15) is 4.79 Å². The molecule has 146 valence electrons. The second-order valence-corrected chi connectivity index (χ2v) is 7.18. The van der Waals surface area contributed by atoms with Crippen molar-refractivity contribution in [3.05, 3.63) is 76.5 Å². The average molecular weight is 427 g/mol. The van der Waals surface area contributed by atoms with Gasteiger partial charge in [0.25, 0.3) is 5.91 Å². The summed E-state index contributed by atoms with van der Waals surface area (Å²) in [4.78, 5) is 16.7. The Morgan fingerprint density at radius 1 is 1.14 bits per heavy atom. The van der Waals surface area contributed by atoms with Gasteiger partial charge in [0.1, 0.15) is 5.75 Å². The van der Waals surface area contributed by atoms with Gasteiger partial charge in [0, 0.05) is 10.4 Å². The third-order valence-corrected chi connectivity index (χ3v) is 4.77. The maximum atomic E-state index is 12.3. The van der Waals surface area contributed by atoms with Crippen molar-refractivity contribution in [3.8, 4) is 11.4 Å². The maximum Gasteiger partial charge on any atom is 0.262 e. The van der Waals surface area contributed by atoms with E-state index in [0.29, 0.717) is 21.5 Å². The minimum Gasteiger partial charge on any atom is -0.482 e. The van der Waals surface area contributed by atoms with Gasteiger partial charge in [-0.15, -0.1) is 0 Å². The van der Waals surface area contributed by atoms with Crippen LogP contribution >= 0.6 is 23.2 Å². The van der Waals surface area contributed by atoms with E-state index in [1.54, 1.807) is 29.1 Å². The molecule has 0 unspecified atom stereocenters. The average Bonchev–Trinajstić information content (AvgIpc) is 3.04. The molecule has 0 spiro atoms. The number of hydrogen-bond acceptors (Lipinski definition) is 4. The van der Waals surface area contributed by atoms with Crippen LogP contribution in [0.2, 0.25) is 10.0 Å². The zero-order chi connectivity index (χ0) is 20.4. The molecule has 0 bridgehead atoms. The predicted molar refractivity (Wildman–Crippen MR) is 114 cm³/mol. The molecule has 0 radical (unpaired) electrons. The number of carbonyl (C=O) groups excluding carboxylic acids is 1. The number of nitrogens with zero attached hydrogens (tertiary/aromatic N) is 3. The second kappa shape index (κ2) is 8.11. The van der Waals surface area contributed by atoms with Gasteiger partial charge in [0.05, 0.1) is 28.3 Å². The molecular weight excluding hydrogens is 411 g/mol. The van der Waals surface area contributed by atoms with Crippen LogP contribution in [0, 0.1) is 6.92 Å². The Morgan fingerprint density at radius 2 is 1.93 bits per heavy atom. The highest BCUT2D eigenvalue weighted by molar-refractivity contribution is 6.35. The van der Waals surface area contributed by atoms with Crippen LogP contribution in [-0.4, -0.2) is 27.3 Å². The highest BCUT2D eigenvalue weighted by Gasteiger charge is 2.13. The number of aromatic nitrogens is 3. The van der Waals surface area contributed by atoms with E-state index in [2.05, 4.69) is 15.4 Å². The predicted octanol–water partition coefficient (Wildman–Crippen LogP) is 5.05. The van der Waals surface area contributed by atoms with E-state index in [0.717, 1.165) is 22.4 Å². The summed E-state index contributed by atoms with van der Waals surface area (Å²) >= 11 is 11.9. The highest BCUT2D eigenvalue weighted by Crippen LogP contribution is 2.27. The lowest BCUT2D eigenvalue weighted by molar-refractivity contribution is -0.118. The minimum absolute atomic E-state index is 0.193. The van der Waals surface area contributed by atoms with E-state index in [-0.39, 0.29) is 12.5 Å². The van der Waals surface area contributed by atoms with Crippen molar-refractivity contribution in [1.82, 2.24) is 14.8 Å². The van der Waals surface area contributed by atoms with E-state index in [1.165, 1.54) is 0 Å². The van der Waals surface area contributed by atoms with Crippen LogP contribution < -0.4 is 10.1 Å². The number of aryl methyl sites for hydroxylation is 1. The first-order valence-electron chi connectivity index (χ1n) is 8.80. The summed E-state index contributed by atoms with van der Waals surface area (Å²) in [6.07, 6.45) is 1.59. The lowest BCUT2D eigenvalue weighted by Crippen LogP contribution is -2.20. The topological polar surface area (TPSA) is 69.0 Å². The van der Waals surface area contributed by atoms with Gasteiger partial charge in [-0.1, -0.05) is 41.4 Å². The van der Waals surface area contributed by atoms with Gasteiger partial charge in [-0.25, -0.2) is 9.67 Å². The van der Waals surface area contributed by atoms with Crippen molar-refractivity contribution in [2.45, 2.75) is 6.92 Å². The number of fused-ring (bicyclic) bond motifs is 1. The zero-order valence-electron chi connectivity index (χ0n) is 15.4. The van der Waals surface area contributed by atoms with Crippen LogP contribution in [0.1, 0.15) is 5.69 Å². The van der Waals surface area contributed by atoms with Crippen LogP contribution in [0.15, 0.2) is 60.8 Å². The number of benzene rings is 2. The van der Waals surface area contributed by atoms with Gasteiger partial charge in [-0.3, -0.25) is 4.79 Å². The Bertz CT molecular complexity index is 1190. The number of para-hydroxylation sites is 1. The third-order valence-electron chi connectivity index (χ3n) is 4.24. The van der Waals surface area contributed by atoms with Gasteiger partial charge < -0.3 is 10.1 Å². The first kappa shape index (κ1) is 19.2. The summed E-state index contributed by atoms with van der Waals surface area (Å²) in [5.74, 6) is 0.0602. The van der Waals surface area contributed by atoms with Gasteiger partial charge in [-0.2, -0.15) is 5.10 Å². The first-order valence-corrected chi connectivity index (χ1v) is 9.55. The minimum atomic E-state index is -0.328. The summed E-state index contributed by atoms with van der Waals surface area (Å²) in [7, 11) is 0. The molecule has 0 saturated carbocycles. The van der Waals surface area contributed by atoms with Crippen molar-refractivity contribution in [1.29, 1.82) is 0 Å². The van der Waals surface area contributed by atoms with E-state index in [1.807, 2.05) is 43.3 Å². The lowest BCUT2D eigenvalue weighted by atomic mass is 10.2. The summed E-state index contributed by atoms with van der Waals surface area (Å²) in [5.41, 5.74) is 3.01. The monoisotopic (exact) mass is 426 g/mol. The Kier molecular flexibility index (Phi) is 5.38. The zero-order valence-corrected chi connectivity index (χ0v) is 16.9. The maximum absolute atomic E-state index is 12.3. The molecule has 0 fully saturated rings. The SMILES string of the molecule is Cc1nn(-c2ccccc2)c2ncc(NC(=O)COc3ccc(Cl)cc3Cl)cc12. The Hall–Kier alpha value is -3.09. The Morgan fingerprint density at radius 3 is 2.69 bits per heavy atom. The third kappa shape index (κ3) is 4.18. The van der Waals surface area contributed by atoms with Gasteiger partial charge in [0.15, 0.2) is 12.3 Å². The van der Waals surface area contributed by atoms with Crippen molar-refractivity contribution < 1.29 is 9.53 Å². The van der Waals surface area contributed by atoms with E-state index >= 15 is 0 Å².